The van der Waals surface area contributed by atoms with Gasteiger partial charge in [0.2, 0.25) is 11.8 Å². The Bertz CT molecular complexity index is 528. The van der Waals surface area contributed by atoms with Crippen LogP contribution in [-0.2, 0) is 4.79 Å². The Morgan fingerprint density at radius 3 is 2.30 bits per heavy atom. The van der Waals surface area contributed by atoms with Gasteiger partial charge in [-0.15, -0.1) is 12.4 Å². The Morgan fingerprint density at radius 2 is 1.78 bits per heavy atom. The standard InChI is InChI=1S/C16H23N3O3.ClH/c17-11-16(8-1-2-9-16)19-14(20)7-10-22-13-5-3-12(4-6-13)15(18)21;/h3-6H,1-2,7-11,17H2,(H2,18,21)(H,19,20);1H. The Morgan fingerprint density at radius 1 is 1.17 bits per heavy atom. The Kier molecular flexibility index (Phi) is 7.32. The molecule has 128 valence electrons. The van der Waals surface area contributed by atoms with Gasteiger partial charge in [-0.05, 0) is 37.1 Å². The van der Waals surface area contributed by atoms with Crippen LogP contribution in [0.15, 0.2) is 24.3 Å². The summed E-state index contributed by atoms with van der Waals surface area (Å²) in [5.41, 5.74) is 11.2. The topological polar surface area (TPSA) is 107 Å². The summed E-state index contributed by atoms with van der Waals surface area (Å²) < 4.78 is 5.50. The van der Waals surface area contributed by atoms with E-state index in [4.69, 9.17) is 16.2 Å². The van der Waals surface area contributed by atoms with E-state index >= 15 is 0 Å². The van der Waals surface area contributed by atoms with E-state index in [0.29, 0.717) is 17.9 Å². The van der Waals surface area contributed by atoms with Crippen LogP contribution in [0.2, 0.25) is 0 Å². The molecule has 0 spiro atoms. The minimum absolute atomic E-state index is 0. The number of amides is 2. The third kappa shape index (κ3) is 5.41. The van der Waals surface area contributed by atoms with Crippen molar-refractivity contribution in [2.45, 2.75) is 37.6 Å². The molecule has 0 heterocycles. The molecule has 1 saturated carbocycles. The van der Waals surface area contributed by atoms with Crippen molar-refractivity contribution in [1.82, 2.24) is 5.32 Å². The Hall–Kier alpha value is -1.79. The van der Waals surface area contributed by atoms with Crippen molar-refractivity contribution < 1.29 is 14.3 Å². The van der Waals surface area contributed by atoms with Crippen molar-refractivity contribution in [3.8, 4) is 5.75 Å². The number of rotatable bonds is 7. The van der Waals surface area contributed by atoms with Gasteiger partial charge in [-0.3, -0.25) is 9.59 Å². The predicted octanol–water partition coefficient (Wildman–Crippen LogP) is 1.36. The van der Waals surface area contributed by atoms with Gasteiger partial charge in [0.15, 0.2) is 0 Å². The Balaban J connectivity index is 0.00000264. The zero-order valence-electron chi connectivity index (χ0n) is 13.0. The molecule has 1 aliphatic rings. The van der Waals surface area contributed by atoms with Crippen LogP contribution in [0.5, 0.6) is 5.75 Å². The van der Waals surface area contributed by atoms with Crippen LogP contribution in [0.1, 0.15) is 42.5 Å². The number of primary amides is 1. The molecule has 0 saturated heterocycles. The molecule has 1 fully saturated rings. The maximum atomic E-state index is 12.0. The van der Waals surface area contributed by atoms with E-state index < -0.39 is 5.91 Å². The third-order valence-corrected chi connectivity index (χ3v) is 4.09. The first kappa shape index (κ1) is 19.3. The molecule has 2 amide bonds. The van der Waals surface area contributed by atoms with E-state index in [1.807, 2.05) is 0 Å². The molecule has 0 radical (unpaired) electrons. The minimum Gasteiger partial charge on any atom is -0.493 e. The van der Waals surface area contributed by atoms with Crippen LogP contribution in [0.3, 0.4) is 0 Å². The van der Waals surface area contributed by atoms with Crippen molar-refractivity contribution >= 4 is 24.2 Å². The van der Waals surface area contributed by atoms with E-state index in [1.165, 1.54) is 0 Å². The summed E-state index contributed by atoms with van der Waals surface area (Å²) in [7, 11) is 0. The summed E-state index contributed by atoms with van der Waals surface area (Å²) in [5.74, 6) is 0.0860. The number of carbonyl (C=O) groups is 2. The van der Waals surface area contributed by atoms with E-state index in [2.05, 4.69) is 5.32 Å². The van der Waals surface area contributed by atoms with Crippen molar-refractivity contribution in [3.63, 3.8) is 0 Å². The molecule has 0 unspecified atom stereocenters. The van der Waals surface area contributed by atoms with E-state index in [9.17, 15) is 9.59 Å². The van der Waals surface area contributed by atoms with Gasteiger partial charge in [0.25, 0.3) is 0 Å². The first-order valence-electron chi connectivity index (χ1n) is 7.58. The normalized spacial score (nSPS) is 15.5. The van der Waals surface area contributed by atoms with Crippen molar-refractivity contribution in [3.05, 3.63) is 29.8 Å². The van der Waals surface area contributed by atoms with Crippen LogP contribution in [0.4, 0.5) is 0 Å². The highest BCUT2D eigenvalue weighted by molar-refractivity contribution is 5.92. The van der Waals surface area contributed by atoms with Crippen molar-refractivity contribution in [2.24, 2.45) is 11.5 Å². The molecule has 1 aromatic carbocycles. The molecule has 0 aliphatic heterocycles. The molecule has 5 N–H and O–H groups in total. The second kappa shape index (κ2) is 8.74. The molecule has 6 nitrogen and oxygen atoms in total. The zero-order chi connectivity index (χ0) is 16.0. The van der Waals surface area contributed by atoms with Gasteiger partial charge in [0.05, 0.1) is 18.6 Å². The number of halogens is 1. The Labute approximate surface area is 142 Å². The highest BCUT2D eigenvalue weighted by Crippen LogP contribution is 2.28. The van der Waals surface area contributed by atoms with Gasteiger partial charge in [-0.2, -0.15) is 0 Å². The second-order valence-corrected chi connectivity index (χ2v) is 5.73. The lowest BCUT2D eigenvalue weighted by Crippen LogP contribution is -2.51. The summed E-state index contributed by atoms with van der Waals surface area (Å²) in [5, 5.41) is 3.05. The quantitative estimate of drug-likeness (QED) is 0.696. The zero-order valence-corrected chi connectivity index (χ0v) is 13.9. The fourth-order valence-electron chi connectivity index (χ4n) is 2.77. The molecular formula is C16H24ClN3O3. The summed E-state index contributed by atoms with van der Waals surface area (Å²) in [4.78, 5) is 22.9. The van der Waals surface area contributed by atoms with Crippen LogP contribution >= 0.6 is 12.4 Å². The minimum atomic E-state index is -0.477. The number of benzene rings is 1. The maximum absolute atomic E-state index is 12.0. The van der Waals surface area contributed by atoms with E-state index in [0.717, 1.165) is 25.7 Å². The number of carbonyl (C=O) groups excluding carboxylic acids is 2. The molecule has 0 atom stereocenters. The van der Waals surface area contributed by atoms with Gasteiger partial charge < -0.3 is 21.5 Å². The molecule has 1 aliphatic carbocycles. The number of ether oxygens (including phenoxy) is 1. The highest BCUT2D eigenvalue weighted by atomic mass is 35.5. The number of hydrogen-bond donors (Lipinski definition) is 3. The van der Waals surface area contributed by atoms with Crippen LogP contribution in [0.25, 0.3) is 0 Å². The summed E-state index contributed by atoms with van der Waals surface area (Å²) >= 11 is 0. The van der Waals surface area contributed by atoms with E-state index in [-0.39, 0.29) is 36.9 Å². The van der Waals surface area contributed by atoms with Crippen LogP contribution in [0, 0.1) is 0 Å². The molecule has 7 heteroatoms. The fourth-order valence-corrected chi connectivity index (χ4v) is 2.77. The van der Waals surface area contributed by atoms with Crippen molar-refractivity contribution in [2.75, 3.05) is 13.2 Å². The van der Waals surface area contributed by atoms with Gasteiger partial charge >= 0.3 is 0 Å². The van der Waals surface area contributed by atoms with Gasteiger partial charge in [0, 0.05) is 12.1 Å². The average Bonchev–Trinajstić information content (AvgIpc) is 2.97. The molecule has 1 aromatic rings. The third-order valence-electron chi connectivity index (χ3n) is 4.09. The SMILES string of the molecule is Cl.NCC1(NC(=O)CCOc2ccc(C(N)=O)cc2)CCCC1. The fraction of sp³-hybridized carbons (Fsp3) is 0.500. The summed E-state index contributed by atoms with van der Waals surface area (Å²) in [6.07, 6.45) is 4.40. The molecular weight excluding hydrogens is 318 g/mol. The number of nitrogens with one attached hydrogen (secondary N) is 1. The maximum Gasteiger partial charge on any atom is 0.248 e. The predicted molar refractivity (Wildman–Crippen MR) is 90.7 cm³/mol. The molecule has 2 rings (SSSR count). The summed E-state index contributed by atoms with van der Waals surface area (Å²) in [6, 6.07) is 6.52. The number of nitrogens with two attached hydrogens (primary N) is 2. The van der Waals surface area contributed by atoms with Crippen molar-refractivity contribution in [1.29, 1.82) is 0 Å². The van der Waals surface area contributed by atoms with Crippen LogP contribution in [-0.4, -0.2) is 30.5 Å². The van der Waals surface area contributed by atoms with Gasteiger partial charge in [-0.1, -0.05) is 12.8 Å². The van der Waals surface area contributed by atoms with Gasteiger partial charge in [0.1, 0.15) is 5.75 Å². The monoisotopic (exact) mass is 341 g/mol. The smallest absolute Gasteiger partial charge is 0.248 e. The first-order valence-corrected chi connectivity index (χ1v) is 7.58. The lowest BCUT2D eigenvalue weighted by Gasteiger charge is -2.28. The summed E-state index contributed by atoms with van der Waals surface area (Å²) in [6.45, 7) is 0.760. The van der Waals surface area contributed by atoms with E-state index in [1.54, 1.807) is 24.3 Å². The molecule has 0 bridgehead atoms. The highest BCUT2D eigenvalue weighted by Gasteiger charge is 2.33. The van der Waals surface area contributed by atoms with Crippen LogP contribution < -0.4 is 21.5 Å². The largest absolute Gasteiger partial charge is 0.493 e. The second-order valence-electron chi connectivity index (χ2n) is 5.73. The molecule has 23 heavy (non-hydrogen) atoms. The lowest BCUT2D eigenvalue weighted by atomic mass is 9.98. The van der Waals surface area contributed by atoms with Gasteiger partial charge in [-0.25, -0.2) is 0 Å². The average molecular weight is 342 g/mol. The lowest BCUT2D eigenvalue weighted by molar-refractivity contribution is -0.123. The number of hydrogen-bond acceptors (Lipinski definition) is 4. The first-order chi connectivity index (χ1) is 10.5. The molecule has 0 aromatic heterocycles.